The second-order valence-corrected chi connectivity index (χ2v) is 3.45. The molecule has 1 rings (SSSR count). The van der Waals surface area contributed by atoms with E-state index in [1.807, 2.05) is 19.0 Å². The average Bonchev–Trinajstić information content (AvgIpc) is 2.17. The van der Waals surface area contributed by atoms with Gasteiger partial charge in [-0.3, -0.25) is 0 Å². The summed E-state index contributed by atoms with van der Waals surface area (Å²) in [5.74, 6) is -0.540. The number of likely N-dealkylation sites (N-methyl/N-ethyl adjacent to an activating group) is 1. The minimum absolute atomic E-state index is 0.205. The Hall–Kier alpha value is -1.55. The van der Waals surface area contributed by atoms with Crippen LogP contribution in [0.4, 0.5) is 0 Å². The van der Waals surface area contributed by atoms with Crippen LogP contribution in [0.2, 0.25) is 0 Å². The van der Waals surface area contributed by atoms with Crippen molar-refractivity contribution in [3.8, 4) is 5.75 Å². The molecule has 4 heteroatoms. The number of carboxylic acids is 1. The van der Waals surface area contributed by atoms with Crippen LogP contribution in [0.1, 0.15) is 10.4 Å². The SMILES string of the molecule is CN(C)CCOc1ccccc1C(=O)O. The highest BCUT2D eigenvalue weighted by molar-refractivity contribution is 5.90. The summed E-state index contributed by atoms with van der Waals surface area (Å²) in [6.45, 7) is 1.24. The first-order valence-corrected chi connectivity index (χ1v) is 4.71. The second kappa shape index (κ2) is 5.36. The van der Waals surface area contributed by atoms with Gasteiger partial charge in [0.1, 0.15) is 17.9 Å². The van der Waals surface area contributed by atoms with Crippen LogP contribution < -0.4 is 4.74 Å². The highest BCUT2D eigenvalue weighted by atomic mass is 16.5. The fourth-order valence-corrected chi connectivity index (χ4v) is 1.11. The Balaban J connectivity index is 2.63. The molecule has 0 unspecified atom stereocenters. The summed E-state index contributed by atoms with van der Waals surface area (Å²) in [7, 11) is 3.87. The number of hydrogen-bond acceptors (Lipinski definition) is 3. The Morgan fingerprint density at radius 1 is 1.40 bits per heavy atom. The van der Waals surface area contributed by atoms with Crippen molar-refractivity contribution in [1.29, 1.82) is 0 Å². The van der Waals surface area contributed by atoms with E-state index >= 15 is 0 Å². The van der Waals surface area contributed by atoms with Gasteiger partial charge in [-0.05, 0) is 26.2 Å². The summed E-state index contributed by atoms with van der Waals surface area (Å²) >= 11 is 0. The third-order valence-corrected chi connectivity index (χ3v) is 1.91. The summed E-state index contributed by atoms with van der Waals surface area (Å²) in [6.07, 6.45) is 0. The zero-order valence-corrected chi connectivity index (χ0v) is 8.93. The summed E-state index contributed by atoms with van der Waals surface area (Å²) in [5, 5.41) is 8.88. The van der Waals surface area contributed by atoms with Gasteiger partial charge in [0.2, 0.25) is 0 Å². The highest BCUT2D eigenvalue weighted by Gasteiger charge is 2.09. The van der Waals surface area contributed by atoms with Crippen LogP contribution in [0.3, 0.4) is 0 Å². The largest absolute Gasteiger partial charge is 0.491 e. The van der Waals surface area contributed by atoms with Crippen molar-refractivity contribution in [1.82, 2.24) is 4.90 Å². The molecule has 0 radical (unpaired) electrons. The van der Waals surface area contributed by atoms with Crippen LogP contribution in [-0.4, -0.2) is 43.2 Å². The van der Waals surface area contributed by atoms with Gasteiger partial charge in [0, 0.05) is 6.54 Å². The van der Waals surface area contributed by atoms with Gasteiger partial charge in [-0.25, -0.2) is 4.79 Å². The molecule has 0 spiro atoms. The lowest BCUT2D eigenvalue weighted by Gasteiger charge is -2.12. The lowest BCUT2D eigenvalue weighted by molar-refractivity contribution is 0.0692. The van der Waals surface area contributed by atoms with E-state index in [9.17, 15) is 4.79 Å². The monoisotopic (exact) mass is 209 g/mol. The smallest absolute Gasteiger partial charge is 0.339 e. The zero-order valence-electron chi connectivity index (χ0n) is 8.93. The van der Waals surface area contributed by atoms with Crippen molar-refractivity contribution in [2.75, 3.05) is 27.2 Å². The van der Waals surface area contributed by atoms with E-state index < -0.39 is 5.97 Å². The standard InChI is InChI=1S/C11H15NO3/c1-12(2)7-8-15-10-6-4-3-5-9(10)11(13)14/h3-6H,7-8H2,1-2H3,(H,13,14). The lowest BCUT2D eigenvalue weighted by Crippen LogP contribution is -2.20. The van der Waals surface area contributed by atoms with E-state index in [4.69, 9.17) is 9.84 Å². The molecule has 0 aromatic heterocycles. The molecule has 4 nitrogen and oxygen atoms in total. The Labute approximate surface area is 89.1 Å². The molecule has 1 N–H and O–H groups in total. The van der Waals surface area contributed by atoms with Crippen LogP contribution in [0.5, 0.6) is 5.75 Å². The van der Waals surface area contributed by atoms with Crippen molar-refractivity contribution in [3.63, 3.8) is 0 Å². The molecule has 0 saturated heterocycles. The van der Waals surface area contributed by atoms with E-state index in [-0.39, 0.29) is 5.56 Å². The van der Waals surface area contributed by atoms with E-state index in [1.54, 1.807) is 18.2 Å². The summed E-state index contributed by atoms with van der Waals surface area (Å²) in [4.78, 5) is 12.8. The van der Waals surface area contributed by atoms with Gasteiger partial charge in [-0.15, -0.1) is 0 Å². The Morgan fingerprint density at radius 3 is 2.67 bits per heavy atom. The van der Waals surface area contributed by atoms with Crippen molar-refractivity contribution in [2.24, 2.45) is 0 Å². The number of aromatic carboxylic acids is 1. The molecule has 1 aromatic carbocycles. The summed E-state index contributed by atoms with van der Waals surface area (Å²) < 4.78 is 5.39. The van der Waals surface area contributed by atoms with E-state index in [0.717, 1.165) is 6.54 Å². The minimum Gasteiger partial charge on any atom is -0.491 e. The zero-order chi connectivity index (χ0) is 11.3. The average molecular weight is 209 g/mol. The van der Waals surface area contributed by atoms with Gasteiger partial charge in [0.05, 0.1) is 0 Å². The van der Waals surface area contributed by atoms with Crippen molar-refractivity contribution in [2.45, 2.75) is 0 Å². The molecule has 15 heavy (non-hydrogen) atoms. The van der Waals surface area contributed by atoms with Gasteiger partial charge < -0.3 is 14.7 Å². The number of para-hydroxylation sites is 1. The van der Waals surface area contributed by atoms with Crippen LogP contribution in [-0.2, 0) is 0 Å². The predicted octanol–water partition coefficient (Wildman–Crippen LogP) is 1.33. The van der Waals surface area contributed by atoms with Crippen LogP contribution in [0, 0.1) is 0 Å². The van der Waals surface area contributed by atoms with Crippen LogP contribution in [0.15, 0.2) is 24.3 Å². The molecule has 0 aliphatic rings. The lowest BCUT2D eigenvalue weighted by atomic mass is 10.2. The molecule has 0 aliphatic carbocycles. The molecule has 0 aliphatic heterocycles. The molecule has 0 saturated carbocycles. The number of carboxylic acid groups (broad SMARTS) is 1. The molecular weight excluding hydrogens is 194 g/mol. The number of ether oxygens (including phenoxy) is 1. The Bertz CT molecular complexity index is 336. The van der Waals surface area contributed by atoms with E-state index in [0.29, 0.717) is 12.4 Å². The third-order valence-electron chi connectivity index (χ3n) is 1.91. The van der Waals surface area contributed by atoms with Gasteiger partial charge in [0.25, 0.3) is 0 Å². The maximum Gasteiger partial charge on any atom is 0.339 e. The topological polar surface area (TPSA) is 49.8 Å². The maximum atomic E-state index is 10.8. The van der Waals surface area contributed by atoms with Crippen LogP contribution >= 0.6 is 0 Å². The highest BCUT2D eigenvalue weighted by Crippen LogP contribution is 2.17. The number of benzene rings is 1. The fourth-order valence-electron chi connectivity index (χ4n) is 1.11. The first kappa shape index (κ1) is 11.5. The normalized spacial score (nSPS) is 10.3. The molecule has 0 bridgehead atoms. The predicted molar refractivity (Wildman–Crippen MR) is 57.5 cm³/mol. The van der Waals surface area contributed by atoms with Gasteiger partial charge in [-0.2, -0.15) is 0 Å². The van der Waals surface area contributed by atoms with Gasteiger partial charge in [0.15, 0.2) is 0 Å². The molecule has 0 heterocycles. The third kappa shape index (κ3) is 3.59. The quantitative estimate of drug-likeness (QED) is 0.794. The molecule has 0 amide bonds. The van der Waals surface area contributed by atoms with E-state index in [1.165, 1.54) is 6.07 Å². The number of carbonyl (C=O) groups is 1. The number of nitrogens with zero attached hydrogens (tertiary/aromatic N) is 1. The first-order chi connectivity index (χ1) is 7.11. The Kier molecular flexibility index (Phi) is 4.12. The molecule has 0 atom stereocenters. The van der Waals surface area contributed by atoms with Gasteiger partial charge >= 0.3 is 5.97 Å². The molecule has 82 valence electrons. The minimum atomic E-state index is -0.963. The molecule has 0 fully saturated rings. The van der Waals surface area contributed by atoms with Crippen molar-refractivity contribution in [3.05, 3.63) is 29.8 Å². The second-order valence-electron chi connectivity index (χ2n) is 3.45. The van der Waals surface area contributed by atoms with Gasteiger partial charge in [-0.1, -0.05) is 12.1 Å². The summed E-state index contributed by atoms with van der Waals surface area (Å²) in [5.41, 5.74) is 0.205. The summed E-state index contributed by atoms with van der Waals surface area (Å²) in [6, 6.07) is 6.64. The molecular formula is C11H15NO3. The van der Waals surface area contributed by atoms with Crippen molar-refractivity contribution < 1.29 is 14.6 Å². The van der Waals surface area contributed by atoms with Crippen molar-refractivity contribution >= 4 is 5.97 Å². The molecule has 1 aromatic rings. The Morgan fingerprint density at radius 2 is 2.07 bits per heavy atom. The number of rotatable bonds is 5. The maximum absolute atomic E-state index is 10.8. The first-order valence-electron chi connectivity index (χ1n) is 4.71. The van der Waals surface area contributed by atoms with E-state index in [2.05, 4.69) is 0 Å². The number of hydrogen-bond donors (Lipinski definition) is 1. The van der Waals surface area contributed by atoms with Crippen LogP contribution in [0.25, 0.3) is 0 Å². The fraction of sp³-hybridized carbons (Fsp3) is 0.364.